The Labute approximate surface area is 309 Å². The first-order chi connectivity index (χ1) is 24.6. The Morgan fingerprint density at radius 2 is 1.42 bits per heavy atom. The van der Waals surface area contributed by atoms with Crippen molar-refractivity contribution in [3.05, 3.63) is 93.8 Å². The quantitative estimate of drug-likeness (QED) is 0.124. The maximum absolute atomic E-state index is 14.5. The van der Waals surface area contributed by atoms with Crippen molar-refractivity contribution in [2.45, 2.75) is 40.9 Å². The number of halogens is 10. The van der Waals surface area contributed by atoms with Gasteiger partial charge in [0.05, 0.1) is 46.5 Å². The summed E-state index contributed by atoms with van der Waals surface area (Å²) in [7, 11) is 1.20. The number of phenols is 1. The summed E-state index contributed by atoms with van der Waals surface area (Å²) in [6.07, 6.45) is -9.99. The van der Waals surface area contributed by atoms with Crippen LogP contribution in [0.4, 0.5) is 42.1 Å². The number of phenolic OH excluding ortho intramolecular Hbond substituents is 1. The Morgan fingerprint density at radius 3 is 1.98 bits per heavy atom. The molecular weight excluding hydrogens is 784 g/mol. The van der Waals surface area contributed by atoms with E-state index in [0.717, 1.165) is 24.3 Å². The van der Waals surface area contributed by atoms with Crippen LogP contribution in [0.5, 0.6) is 11.5 Å². The molecule has 0 aromatic heterocycles. The van der Waals surface area contributed by atoms with Gasteiger partial charge in [-0.05, 0) is 78.9 Å². The molecule has 1 saturated carbocycles. The van der Waals surface area contributed by atoms with Gasteiger partial charge in [0.15, 0.2) is 21.2 Å². The van der Waals surface area contributed by atoms with E-state index in [0.29, 0.717) is 4.90 Å². The number of methoxy groups -OCH3 is 1. The number of aromatic hydroxyl groups is 1. The van der Waals surface area contributed by atoms with Gasteiger partial charge in [-0.3, -0.25) is 19.2 Å². The zero-order valence-electron chi connectivity index (χ0n) is 26.7. The molecule has 1 N–H and O–H groups in total. The van der Waals surface area contributed by atoms with Crippen molar-refractivity contribution in [3.63, 3.8) is 0 Å². The number of rotatable bonds is 4. The van der Waals surface area contributed by atoms with E-state index in [9.17, 15) is 55.0 Å². The monoisotopic (exact) mass is 804 g/mol. The molecule has 6 atom stereocenters. The van der Waals surface area contributed by atoms with Gasteiger partial charge in [-0.2, -0.15) is 26.3 Å². The van der Waals surface area contributed by atoms with Crippen LogP contribution < -0.4 is 14.5 Å². The minimum absolute atomic E-state index is 0.0579. The Kier molecular flexibility index (Phi) is 8.44. The lowest BCUT2D eigenvalue weighted by Gasteiger charge is -2.50. The van der Waals surface area contributed by atoms with Crippen molar-refractivity contribution >= 4 is 69.8 Å². The van der Waals surface area contributed by atoms with Gasteiger partial charge >= 0.3 is 12.4 Å². The molecule has 53 heavy (non-hydrogen) atoms. The van der Waals surface area contributed by atoms with E-state index in [2.05, 4.69) is 0 Å². The maximum atomic E-state index is 14.5. The summed E-state index contributed by atoms with van der Waals surface area (Å²) in [6, 6.07) is 7.06. The molecule has 3 fully saturated rings. The van der Waals surface area contributed by atoms with Gasteiger partial charge in [0.2, 0.25) is 11.8 Å². The Morgan fingerprint density at radius 1 is 0.811 bits per heavy atom. The summed E-state index contributed by atoms with van der Waals surface area (Å²) in [5.41, 5.74) is -4.35. The molecule has 2 heterocycles. The second-order valence-corrected chi connectivity index (χ2v) is 14.7. The Hall–Kier alpha value is -4.34. The van der Waals surface area contributed by atoms with Gasteiger partial charge in [0.25, 0.3) is 11.8 Å². The molecule has 2 aliphatic heterocycles. The molecule has 8 nitrogen and oxygen atoms in total. The molecule has 0 unspecified atom stereocenters. The highest BCUT2D eigenvalue weighted by Gasteiger charge is 2.76. The van der Waals surface area contributed by atoms with Crippen LogP contribution in [0.3, 0.4) is 0 Å². The van der Waals surface area contributed by atoms with Crippen molar-refractivity contribution in [2.75, 3.05) is 16.9 Å². The fraction of sp³-hybridized carbons (Fsp3) is 0.314. The van der Waals surface area contributed by atoms with Gasteiger partial charge in [0, 0.05) is 5.92 Å². The van der Waals surface area contributed by atoms with Crippen LogP contribution in [0.25, 0.3) is 0 Å². The second-order valence-electron chi connectivity index (χ2n) is 13.1. The van der Waals surface area contributed by atoms with Crippen LogP contribution in [0.15, 0.2) is 66.2 Å². The number of carbonyl (C=O) groups is 4. The third-order valence-electron chi connectivity index (χ3n) is 10.3. The fourth-order valence-electron chi connectivity index (χ4n) is 8.01. The number of alkyl halides is 8. The predicted molar refractivity (Wildman–Crippen MR) is 175 cm³/mol. The molecule has 0 bridgehead atoms. The lowest BCUT2D eigenvalue weighted by molar-refractivity contribution is -0.143. The molecule has 0 spiro atoms. The topological polar surface area (TPSA) is 104 Å². The molecule has 2 aliphatic carbocycles. The van der Waals surface area contributed by atoms with Crippen LogP contribution in [0, 0.1) is 23.6 Å². The second kappa shape index (κ2) is 12.1. The average Bonchev–Trinajstić information content (AvgIpc) is 3.43. The summed E-state index contributed by atoms with van der Waals surface area (Å²) in [6.45, 7) is 0. The predicted octanol–water partition coefficient (Wildman–Crippen LogP) is 8.00. The van der Waals surface area contributed by atoms with E-state index in [1.807, 2.05) is 0 Å². The third-order valence-corrected chi connectivity index (χ3v) is 12.0. The summed E-state index contributed by atoms with van der Waals surface area (Å²) in [5.74, 6) is -11.3. The van der Waals surface area contributed by atoms with Crippen molar-refractivity contribution in [1.82, 2.24) is 0 Å². The molecule has 4 amide bonds. The van der Waals surface area contributed by atoms with Crippen LogP contribution >= 0.6 is 34.8 Å². The maximum Gasteiger partial charge on any atom is 0.416 e. The first kappa shape index (κ1) is 37.0. The van der Waals surface area contributed by atoms with Gasteiger partial charge in [-0.15, -0.1) is 23.2 Å². The lowest BCUT2D eigenvalue weighted by Crippen LogP contribution is -2.60. The van der Waals surface area contributed by atoms with Crippen LogP contribution in [-0.4, -0.2) is 45.6 Å². The minimum Gasteiger partial charge on any atom is -0.503 e. The van der Waals surface area contributed by atoms with Crippen molar-refractivity contribution in [1.29, 1.82) is 0 Å². The molecule has 4 aliphatic rings. The smallest absolute Gasteiger partial charge is 0.416 e. The number of allylic oxidation sites excluding steroid dienone is 2. The fourth-order valence-corrected chi connectivity index (χ4v) is 9.16. The number of anilines is 2. The Balaban J connectivity index is 1.40. The Bertz CT molecular complexity index is 2130. The molecule has 7 rings (SSSR count). The van der Waals surface area contributed by atoms with Gasteiger partial charge in [-0.1, -0.05) is 23.3 Å². The van der Waals surface area contributed by atoms with Gasteiger partial charge in [0.1, 0.15) is 5.82 Å². The SMILES string of the molecule is COc1cc([C@H]2C3=CC[C@@H]4C(=O)N(c5cc(C(F)(F)F)cc(C(F)(F)F)c5)C(=O)[C@@H]4[C@@H]3C[C@@]3(Cl)C(=O)N(c4ccc(F)cc4)C(=O)[C@@]23Cl)cc(Cl)c1O. The number of hydrogen-bond acceptors (Lipinski definition) is 6. The highest BCUT2D eigenvalue weighted by atomic mass is 35.5. The number of nitrogens with zero attached hydrogens (tertiary/aromatic N) is 2. The highest BCUT2D eigenvalue weighted by molar-refractivity contribution is 6.58. The summed E-state index contributed by atoms with van der Waals surface area (Å²) < 4.78 is 102. The number of fused-ring (bicyclic) bond motifs is 4. The molecule has 18 heteroatoms. The minimum atomic E-state index is -5.28. The molecule has 278 valence electrons. The number of hydrogen-bond donors (Lipinski definition) is 1. The number of ether oxygens (including phenoxy) is 1. The van der Waals surface area contributed by atoms with E-state index < -0.39 is 104 Å². The van der Waals surface area contributed by atoms with Crippen molar-refractivity contribution in [2.24, 2.45) is 17.8 Å². The van der Waals surface area contributed by atoms with E-state index in [4.69, 9.17) is 39.5 Å². The van der Waals surface area contributed by atoms with Crippen molar-refractivity contribution < 1.29 is 59.8 Å². The van der Waals surface area contributed by atoms with Crippen LogP contribution in [-0.2, 0) is 31.5 Å². The van der Waals surface area contributed by atoms with Crippen LogP contribution in [0.1, 0.15) is 35.4 Å². The highest BCUT2D eigenvalue weighted by Crippen LogP contribution is 2.66. The summed E-state index contributed by atoms with van der Waals surface area (Å²) in [4.78, 5) is 53.0. The number of carbonyl (C=O) groups excluding carboxylic acids is 4. The zero-order chi connectivity index (χ0) is 38.7. The number of benzene rings is 3. The summed E-state index contributed by atoms with van der Waals surface area (Å²) in [5, 5.41) is 10.2. The standard InChI is InChI=1S/C35H22Cl3F7N2O6/c1-53-24-9-14(8-23(36)27(24)48)26-20-6-7-21-25(29(50)46(28(21)49)19-11-15(34(40,41)42)10-16(12-19)35(43,44)45)22(20)13-32(37)30(51)47(31(52)33(26,32)38)18-4-2-17(39)3-5-18/h2-6,8-12,21-22,25-26,48H,7,13H2,1H3/t21-,22+,25-,26-,32+,33-/m0/s1. The van der Waals surface area contributed by atoms with Crippen molar-refractivity contribution in [3.8, 4) is 11.5 Å². The third kappa shape index (κ3) is 5.32. The van der Waals surface area contributed by atoms with Gasteiger partial charge in [-0.25, -0.2) is 14.2 Å². The van der Waals surface area contributed by atoms with E-state index in [1.54, 1.807) is 0 Å². The average molecular weight is 806 g/mol. The van der Waals surface area contributed by atoms with E-state index >= 15 is 0 Å². The van der Waals surface area contributed by atoms with Crippen LogP contribution in [0.2, 0.25) is 5.02 Å². The zero-order valence-corrected chi connectivity index (χ0v) is 28.9. The molecule has 3 aromatic rings. The molecule has 2 saturated heterocycles. The largest absolute Gasteiger partial charge is 0.503 e. The first-order valence-electron chi connectivity index (χ1n) is 15.6. The molecule has 3 aromatic carbocycles. The normalized spacial score (nSPS) is 28.5. The van der Waals surface area contributed by atoms with Gasteiger partial charge < -0.3 is 9.84 Å². The van der Waals surface area contributed by atoms with E-state index in [-0.39, 0.29) is 57.1 Å². The number of amides is 4. The number of imide groups is 2. The summed E-state index contributed by atoms with van der Waals surface area (Å²) >= 11 is 20.8. The van der Waals surface area contributed by atoms with E-state index in [1.165, 1.54) is 25.3 Å². The molecule has 0 radical (unpaired) electrons. The molecular formula is C35H22Cl3F7N2O6. The first-order valence-corrected chi connectivity index (χ1v) is 16.7. The lowest BCUT2D eigenvalue weighted by atomic mass is 9.56.